The maximum atomic E-state index is 9.03. The van der Waals surface area contributed by atoms with Gasteiger partial charge in [0.05, 0.1) is 10.7 Å². The first-order valence-corrected chi connectivity index (χ1v) is 7.99. The minimum absolute atomic E-state index is 0.245. The number of hydrogen-bond acceptors (Lipinski definition) is 4. The molecule has 0 unspecified atom stereocenters. The van der Waals surface area contributed by atoms with Gasteiger partial charge in [0.15, 0.2) is 0 Å². The summed E-state index contributed by atoms with van der Waals surface area (Å²) >= 11 is 1.72. The molecule has 0 aliphatic heterocycles. The molecule has 1 heterocycles. The number of aromatic nitrogens is 1. The second-order valence-electron chi connectivity index (χ2n) is 4.86. The fourth-order valence-corrected chi connectivity index (χ4v) is 2.89. The highest BCUT2D eigenvalue weighted by molar-refractivity contribution is 7.09. The van der Waals surface area contributed by atoms with Crippen LogP contribution in [0.3, 0.4) is 0 Å². The van der Waals surface area contributed by atoms with Crippen molar-refractivity contribution in [3.05, 3.63) is 46.4 Å². The molecule has 0 fully saturated rings. The first-order chi connectivity index (χ1) is 9.79. The molecule has 3 nitrogen and oxygen atoms in total. The standard InChI is InChI=1S/C16H22N2OS/c1-14-17-15(13-20-14)7-5-10-18(11-6-12-19)16-8-3-2-4-9-16/h2-4,8-9,13,19H,5-7,10-12H2,1H3. The van der Waals surface area contributed by atoms with E-state index in [4.69, 9.17) is 5.11 Å². The zero-order chi connectivity index (χ0) is 14.2. The van der Waals surface area contributed by atoms with Gasteiger partial charge in [-0.2, -0.15) is 0 Å². The largest absolute Gasteiger partial charge is 0.396 e. The van der Waals surface area contributed by atoms with Crippen molar-refractivity contribution in [2.75, 3.05) is 24.6 Å². The Morgan fingerprint density at radius 1 is 1.15 bits per heavy atom. The van der Waals surface area contributed by atoms with Gasteiger partial charge in [0, 0.05) is 30.8 Å². The van der Waals surface area contributed by atoms with E-state index in [0.29, 0.717) is 0 Å². The van der Waals surface area contributed by atoms with Gasteiger partial charge in [0.1, 0.15) is 0 Å². The molecule has 0 amide bonds. The lowest BCUT2D eigenvalue weighted by Gasteiger charge is -2.24. The summed E-state index contributed by atoms with van der Waals surface area (Å²) in [4.78, 5) is 6.85. The minimum atomic E-state index is 0.245. The van der Waals surface area contributed by atoms with Crippen molar-refractivity contribution in [2.24, 2.45) is 0 Å². The van der Waals surface area contributed by atoms with Crippen molar-refractivity contribution in [2.45, 2.75) is 26.2 Å². The van der Waals surface area contributed by atoms with Gasteiger partial charge >= 0.3 is 0 Å². The number of anilines is 1. The zero-order valence-electron chi connectivity index (χ0n) is 12.0. The fraction of sp³-hybridized carbons (Fsp3) is 0.438. The first kappa shape index (κ1) is 15.0. The Kier molecular flexibility index (Phi) is 6.02. The number of hydrogen-bond donors (Lipinski definition) is 1. The van der Waals surface area contributed by atoms with E-state index in [1.807, 2.05) is 13.0 Å². The van der Waals surface area contributed by atoms with E-state index < -0.39 is 0 Å². The van der Waals surface area contributed by atoms with Crippen molar-refractivity contribution in [3.8, 4) is 0 Å². The van der Waals surface area contributed by atoms with Crippen molar-refractivity contribution < 1.29 is 5.11 Å². The van der Waals surface area contributed by atoms with Crippen LogP contribution in [0.5, 0.6) is 0 Å². The van der Waals surface area contributed by atoms with Crippen molar-refractivity contribution >= 4 is 17.0 Å². The summed E-state index contributed by atoms with van der Waals surface area (Å²) in [6.45, 7) is 4.19. The van der Waals surface area contributed by atoms with Crippen molar-refractivity contribution in [3.63, 3.8) is 0 Å². The summed E-state index contributed by atoms with van der Waals surface area (Å²) in [5.41, 5.74) is 2.43. The minimum Gasteiger partial charge on any atom is -0.396 e. The van der Waals surface area contributed by atoms with Crippen LogP contribution in [0.4, 0.5) is 5.69 Å². The Hall–Kier alpha value is -1.39. The third-order valence-corrected chi connectivity index (χ3v) is 4.06. The normalized spacial score (nSPS) is 10.7. The molecule has 2 rings (SSSR count). The number of aliphatic hydroxyl groups excluding tert-OH is 1. The van der Waals surface area contributed by atoms with Crippen LogP contribution in [0, 0.1) is 6.92 Å². The summed E-state index contributed by atoms with van der Waals surface area (Å²) < 4.78 is 0. The molecule has 0 radical (unpaired) electrons. The summed E-state index contributed by atoms with van der Waals surface area (Å²) in [7, 11) is 0. The van der Waals surface area contributed by atoms with Crippen molar-refractivity contribution in [1.29, 1.82) is 0 Å². The molecule has 4 heteroatoms. The molecule has 0 aliphatic rings. The summed E-state index contributed by atoms with van der Waals surface area (Å²) in [5.74, 6) is 0. The van der Waals surface area contributed by atoms with Gasteiger partial charge in [-0.05, 0) is 38.3 Å². The lowest BCUT2D eigenvalue weighted by atomic mass is 10.2. The molecular formula is C16H22N2OS. The molecule has 0 aliphatic carbocycles. The number of aliphatic hydroxyl groups is 1. The van der Waals surface area contributed by atoms with Gasteiger partial charge in [-0.3, -0.25) is 0 Å². The van der Waals surface area contributed by atoms with E-state index in [1.165, 1.54) is 11.4 Å². The molecule has 1 aromatic carbocycles. The third-order valence-electron chi connectivity index (χ3n) is 3.24. The van der Waals surface area contributed by atoms with E-state index in [-0.39, 0.29) is 6.61 Å². The lowest BCUT2D eigenvalue weighted by molar-refractivity contribution is 0.289. The summed E-state index contributed by atoms with van der Waals surface area (Å²) in [6, 6.07) is 10.4. The second kappa shape index (κ2) is 8.02. The highest BCUT2D eigenvalue weighted by atomic mass is 32.1. The number of rotatable bonds is 8. The molecular weight excluding hydrogens is 268 g/mol. The average molecular weight is 290 g/mol. The van der Waals surface area contributed by atoms with Gasteiger partial charge in [-0.15, -0.1) is 11.3 Å². The summed E-state index contributed by atoms with van der Waals surface area (Å²) in [5, 5.41) is 12.3. The highest BCUT2D eigenvalue weighted by Gasteiger charge is 2.06. The number of aryl methyl sites for hydroxylation is 2. The monoisotopic (exact) mass is 290 g/mol. The predicted molar refractivity (Wildman–Crippen MR) is 85.5 cm³/mol. The van der Waals surface area contributed by atoms with Crippen LogP contribution in [-0.2, 0) is 6.42 Å². The molecule has 0 saturated heterocycles. The van der Waals surface area contributed by atoms with Crippen LogP contribution in [0.25, 0.3) is 0 Å². The smallest absolute Gasteiger partial charge is 0.0897 e. The van der Waals surface area contributed by atoms with E-state index in [9.17, 15) is 0 Å². The molecule has 20 heavy (non-hydrogen) atoms. The number of para-hydroxylation sites is 1. The van der Waals surface area contributed by atoms with Crippen LogP contribution in [0.1, 0.15) is 23.5 Å². The van der Waals surface area contributed by atoms with Gasteiger partial charge < -0.3 is 10.0 Å². The number of benzene rings is 1. The maximum Gasteiger partial charge on any atom is 0.0897 e. The van der Waals surface area contributed by atoms with E-state index in [1.54, 1.807) is 11.3 Å². The predicted octanol–water partition coefficient (Wildman–Crippen LogP) is 3.27. The summed E-state index contributed by atoms with van der Waals surface area (Å²) in [6.07, 6.45) is 2.92. The zero-order valence-corrected chi connectivity index (χ0v) is 12.8. The van der Waals surface area contributed by atoms with Gasteiger partial charge in [0.2, 0.25) is 0 Å². The fourth-order valence-electron chi connectivity index (χ4n) is 2.24. The Morgan fingerprint density at radius 2 is 1.90 bits per heavy atom. The van der Waals surface area contributed by atoms with Crippen molar-refractivity contribution in [1.82, 2.24) is 4.98 Å². The van der Waals surface area contributed by atoms with E-state index in [2.05, 4.69) is 39.5 Å². The molecule has 0 atom stereocenters. The molecule has 0 spiro atoms. The highest BCUT2D eigenvalue weighted by Crippen LogP contribution is 2.15. The number of nitrogens with zero attached hydrogens (tertiary/aromatic N) is 2. The Balaban J connectivity index is 1.87. The van der Waals surface area contributed by atoms with Gasteiger partial charge in [-0.25, -0.2) is 4.98 Å². The van der Waals surface area contributed by atoms with Crippen LogP contribution in [0.2, 0.25) is 0 Å². The second-order valence-corrected chi connectivity index (χ2v) is 5.92. The number of thiazole rings is 1. The molecule has 2 aromatic rings. The topological polar surface area (TPSA) is 36.4 Å². The third kappa shape index (κ3) is 4.62. The van der Waals surface area contributed by atoms with E-state index >= 15 is 0 Å². The Labute approximate surface area is 124 Å². The van der Waals surface area contributed by atoms with Crippen LogP contribution in [-0.4, -0.2) is 29.8 Å². The molecule has 108 valence electrons. The molecule has 0 saturated carbocycles. The first-order valence-electron chi connectivity index (χ1n) is 7.11. The molecule has 0 bridgehead atoms. The quantitative estimate of drug-likeness (QED) is 0.810. The van der Waals surface area contributed by atoms with Crippen LogP contribution in [0.15, 0.2) is 35.7 Å². The SMILES string of the molecule is Cc1nc(CCCN(CCCO)c2ccccc2)cs1. The molecule has 1 aromatic heterocycles. The average Bonchev–Trinajstić information content (AvgIpc) is 2.89. The lowest BCUT2D eigenvalue weighted by Crippen LogP contribution is -2.26. The van der Waals surface area contributed by atoms with Gasteiger partial charge in [0.25, 0.3) is 0 Å². The van der Waals surface area contributed by atoms with Crippen LogP contribution < -0.4 is 4.90 Å². The Morgan fingerprint density at radius 3 is 2.55 bits per heavy atom. The van der Waals surface area contributed by atoms with Crippen LogP contribution >= 0.6 is 11.3 Å². The van der Waals surface area contributed by atoms with Gasteiger partial charge in [-0.1, -0.05) is 18.2 Å². The van der Waals surface area contributed by atoms with E-state index in [0.717, 1.165) is 37.4 Å². The maximum absolute atomic E-state index is 9.03. The molecule has 1 N–H and O–H groups in total. The Bertz CT molecular complexity index is 498.